The lowest BCUT2D eigenvalue weighted by atomic mass is 9.91. The Morgan fingerprint density at radius 2 is 1.72 bits per heavy atom. The van der Waals surface area contributed by atoms with Gasteiger partial charge in [-0.3, -0.25) is 9.59 Å². The molecule has 1 fully saturated rings. The van der Waals surface area contributed by atoms with Crippen LogP contribution in [-0.2, 0) is 9.59 Å². The van der Waals surface area contributed by atoms with Gasteiger partial charge in [0.05, 0.1) is 38.5 Å². The fourth-order valence-electron chi connectivity index (χ4n) is 3.49. The van der Waals surface area contributed by atoms with Crippen LogP contribution in [0.25, 0.3) is 0 Å². The van der Waals surface area contributed by atoms with Gasteiger partial charge in [-0.15, -0.1) is 12.4 Å². The summed E-state index contributed by atoms with van der Waals surface area (Å²) in [7, 11) is 4.56. The predicted octanol–water partition coefficient (Wildman–Crippen LogP) is 2.12. The van der Waals surface area contributed by atoms with Crippen molar-refractivity contribution in [3.8, 4) is 17.2 Å². The molecule has 0 radical (unpaired) electrons. The molecule has 0 aliphatic carbocycles. The standard InChI is InChI=1S/C20H31N3O5.ClH/c1-6-20(7-2,12-21)22-19(25)13-8-17(24)23(11-13)14-9-15(26-3)18(28-5)16(10-14)27-4;/h9-10,13H,6-8,11-12,21H2,1-5H3,(H,22,25);1H. The van der Waals surface area contributed by atoms with Gasteiger partial charge in [-0.1, -0.05) is 13.8 Å². The molecule has 0 aromatic heterocycles. The highest BCUT2D eigenvalue weighted by Crippen LogP contribution is 2.42. The van der Waals surface area contributed by atoms with E-state index in [9.17, 15) is 9.59 Å². The highest BCUT2D eigenvalue weighted by atomic mass is 35.5. The fraction of sp³-hybridized carbons (Fsp3) is 0.600. The molecule has 0 spiro atoms. The minimum absolute atomic E-state index is 0. The maximum Gasteiger partial charge on any atom is 0.227 e. The second kappa shape index (κ2) is 10.5. The van der Waals surface area contributed by atoms with Gasteiger partial charge in [-0.2, -0.15) is 0 Å². The van der Waals surface area contributed by atoms with Crippen molar-refractivity contribution in [3.63, 3.8) is 0 Å². The molecule has 2 amide bonds. The van der Waals surface area contributed by atoms with Crippen molar-refractivity contribution < 1.29 is 23.8 Å². The molecular formula is C20H32ClN3O5. The summed E-state index contributed by atoms with van der Waals surface area (Å²) in [6, 6.07) is 3.42. The average molecular weight is 430 g/mol. The maximum atomic E-state index is 12.8. The number of halogens is 1. The van der Waals surface area contributed by atoms with Crippen LogP contribution in [0.1, 0.15) is 33.1 Å². The number of ether oxygens (including phenoxy) is 3. The summed E-state index contributed by atoms with van der Waals surface area (Å²) in [5.74, 6) is 0.662. The van der Waals surface area contributed by atoms with E-state index in [2.05, 4.69) is 5.32 Å². The van der Waals surface area contributed by atoms with Crippen LogP contribution in [0.2, 0.25) is 0 Å². The van der Waals surface area contributed by atoms with E-state index in [1.807, 2.05) is 13.8 Å². The first kappa shape index (κ1) is 24.8. The maximum absolute atomic E-state index is 12.8. The zero-order valence-corrected chi connectivity index (χ0v) is 18.6. The number of hydrogen-bond acceptors (Lipinski definition) is 6. The zero-order chi connectivity index (χ0) is 20.9. The third-order valence-corrected chi connectivity index (χ3v) is 5.59. The first-order valence-electron chi connectivity index (χ1n) is 9.51. The Hall–Kier alpha value is -2.19. The topological polar surface area (TPSA) is 103 Å². The van der Waals surface area contributed by atoms with Crippen LogP contribution in [0.15, 0.2) is 12.1 Å². The van der Waals surface area contributed by atoms with Crippen LogP contribution in [0.3, 0.4) is 0 Å². The highest BCUT2D eigenvalue weighted by Gasteiger charge is 2.38. The number of benzene rings is 1. The van der Waals surface area contributed by atoms with Gasteiger partial charge in [0.2, 0.25) is 17.6 Å². The van der Waals surface area contributed by atoms with E-state index in [0.29, 0.717) is 29.5 Å². The number of hydrogen-bond donors (Lipinski definition) is 2. The van der Waals surface area contributed by atoms with E-state index in [-0.39, 0.29) is 37.2 Å². The normalized spacial score (nSPS) is 16.3. The van der Waals surface area contributed by atoms with Gasteiger partial charge in [-0.05, 0) is 12.8 Å². The van der Waals surface area contributed by atoms with Gasteiger partial charge in [-0.25, -0.2) is 0 Å². The van der Waals surface area contributed by atoms with Crippen LogP contribution >= 0.6 is 12.4 Å². The number of nitrogens with two attached hydrogens (primary N) is 1. The molecule has 1 aromatic carbocycles. The second-order valence-corrected chi connectivity index (χ2v) is 6.97. The number of anilines is 1. The lowest BCUT2D eigenvalue weighted by Gasteiger charge is -2.32. The van der Waals surface area contributed by atoms with E-state index >= 15 is 0 Å². The smallest absolute Gasteiger partial charge is 0.227 e. The molecule has 9 heteroatoms. The first-order valence-corrected chi connectivity index (χ1v) is 9.51. The molecule has 3 N–H and O–H groups in total. The van der Waals surface area contributed by atoms with Gasteiger partial charge >= 0.3 is 0 Å². The summed E-state index contributed by atoms with van der Waals surface area (Å²) in [5, 5.41) is 3.07. The van der Waals surface area contributed by atoms with E-state index < -0.39 is 11.5 Å². The number of methoxy groups -OCH3 is 3. The van der Waals surface area contributed by atoms with Gasteiger partial charge in [0, 0.05) is 31.6 Å². The second-order valence-electron chi connectivity index (χ2n) is 6.97. The molecule has 1 atom stereocenters. The molecule has 0 saturated carbocycles. The number of carbonyl (C=O) groups is 2. The van der Waals surface area contributed by atoms with Crippen LogP contribution in [0.4, 0.5) is 5.69 Å². The van der Waals surface area contributed by atoms with Crippen LogP contribution in [-0.4, -0.2) is 51.8 Å². The summed E-state index contributed by atoms with van der Waals surface area (Å²) >= 11 is 0. The predicted molar refractivity (Wildman–Crippen MR) is 114 cm³/mol. The lowest BCUT2D eigenvalue weighted by molar-refractivity contribution is -0.128. The average Bonchev–Trinajstić information content (AvgIpc) is 3.12. The van der Waals surface area contributed by atoms with Crippen molar-refractivity contribution in [3.05, 3.63) is 12.1 Å². The molecule has 1 unspecified atom stereocenters. The van der Waals surface area contributed by atoms with Crippen molar-refractivity contribution in [1.82, 2.24) is 5.32 Å². The lowest BCUT2D eigenvalue weighted by Crippen LogP contribution is -2.54. The van der Waals surface area contributed by atoms with Crippen molar-refractivity contribution in [1.29, 1.82) is 0 Å². The SMILES string of the molecule is CCC(CC)(CN)NC(=O)C1CC(=O)N(c2cc(OC)c(OC)c(OC)c2)C1.Cl. The fourth-order valence-corrected chi connectivity index (χ4v) is 3.49. The molecule has 1 saturated heterocycles. The first-order chi connectivity index (χ1) is 13.4. The molecule has 1 aromatic rings. The monoisotopic (exact) mass is 429 g/mol. The van der Waals surface area contributed by atoms with Crippen molar-refractivity contribution in [2.45, 2.75) is 38.6 Å². The molecule has 1 aliphatic rings. The summed E-state index contributed by atoms with van der Waals surface area (Å²) in [6.07, 6.45) is 1.63. The van der Waals surface area contributed by atoms with Gasteiger partial charge in [0.15, 0.2) is 11.5 Å². The Morgan fingerprint density at radius 3 is 2.14 bits per heavy atom. The molecule has 8 nitrogen and oxygen atoms in total. The Labute approximate surface area is 178 Å². The molecule has 1 heterocycles. The third kappa shape index (κ3) is 5.05. The summed E-state index contributed by atoms with van der Waals surface area (Å²) in [6.45, 7) is 4.65. The van der Waals surface area contributed by atoms with E-state index in [4.69, 9.17) is 19.9 Å². The van der Waals surface area contributed by atoms with Gasteiger partial charge in [0.25, 0.3) is 0 Å². The van der Waals surface area contributed by atoms with Crippen molar-refractivity contribution >= 4 is 29.9 Å². The number of amides is 2. The molecule has 1 aliphatic heterocycles. The minimum Gasteiger partial charge on any atom is -0.493 e. The van der Waals surface area contributed by atoms with E-state index in [1.165, 1.54) is 21.3 Å². The highest BCUT2D eigenvalue weighted by molar-refractivity contribution is 6.00. The van der Waals surface area contributed by atoms with Crippen molar-refractivity contribution in [2.24, 2.45) is 11.7 Å². The quantitative estimate of drug-likeness (QED) is 0.623. The van der Waals surface area contributed by atoms with Crippen LogP contribution in [0.5, 0.6) is 17.2 Å². The largest absolute Gasteiger partial charge is 0.493 e. The summed E-state index contributed by atoms with van der Waals surface area (Å²) in [5.41, 5.74) is 6.05. The number of rotatable bonds is 9. The number of carbonyl (C=O) groups excluding carboxylic acids is 2. The summed E-state index contributed by atoms with van der Waals surface area (Å²) < 4.78 is 16.0. The van der Waals surface area contributed by atoms with Crippen LogP contribution < -0.4 is 30.2 Å². The molecule has 164 valence electrons. The zero-order valence-electron chi connectivity index (χ0n) is 17.7. The number of nitrogens with one attached hydrogen (secondary N) is 1. The molecule has 29 heavy (non-hydrogen) atoms. The summed E-state index contributed by atoms with van der Waals surface area (Å²) in [4.78, 5) is 27.0. The Kier molecular flexibility index (Phi) is 9.04. The Balaban J connectivity index is 0.00000420. The molecular weight excluding hydrogens is 398 g/mol. The minimum atomic E-state index is -0.435. The Bertz CT molecular complexity index is 691. The number of nitrogens with zero attached hydrogens (tertiary/aromatic N) is 1. The van der Waals surface area contributed by atoms with Crippen molar-refractivity contribution in [2.75, 3.05) is 39.3 Å². The van der Waals surface area contributed by atoms with E-state index in [0.717, 1.165) is 12.8 Å². The molecule has 2 rings (SSSR count). The van der Waals surface area contributed by atoms with Gasteiger partial charge in [0.1, 0.15) is 0 Å². The van der Waals surface area contributed by atoms with Crippen LogP contribution in [0, 0.1) is 5.92 Å². The molecule has 0 bridgehead atoms. The van der Waals surface area contributed by atoms with Gasteiger partial charge < -0.3 is 30.2 Å². The third-order valence-electron chi connectivity index (χ3n) is 5.59. The Morgan fingerprint density at radius 1 is 1.17 bits per heavy atom. The van der Waals surface area contributed by atoms with E-state index in [1.54, 1.807) is 17.0 Å².